The van der Waals surface area contributed by atoms with E-state index in [9.17, 15) is 0 Å². The third kappa shape index (κ3) is 2.33. The van der Waals surface area contributed by atoms with E-state index < -0.39 is 0 Å². The van der Waals surface area contributed by atoms with Gasteiger partial charge >= 0.3 is 0 Å². The van der Waals surface area contributed by atoms with Crippen LogP contribution < -0.4 is 10.5 Å². The summed E-state index contributed by atoms with van der Waals surface area (Å²) in [5, 5.41) is 0. The molecule has 1 aromatic rings. The lowest BCUT2D eigenvalue weighted by Gasteiger charge is -2.13. The van der Waals surface area contributed by atoms with Crippen LogP contribution in [0.2, 0.25) is 0 Å². The summed E-state index contributed by atoms with van der Waals surface area (Å²) in [5.74, 6) is 0.844. The smallest absolute Gasteiger partial charge is 0.123 e. The average molecular weight is 177 g/mol. The van der Waals surface area contributed by atoms with Crippen LogP contribution in [0.25, 0.3) is 0 Å². The fraction of sp³-hybridized carbons (Fsp3) is 0.273. The Hall–Kier alpha value is -1.28. The fourth-order valence-corrected chi connectivity index (χ4v) is 1.28. The fourth-order valence-electron chi connectivity index (χ4n) is 1.28. The van der Waals surface area contributed by atoms with Crippen LogP contribution in [0.1, 0.15) is 18.0 Å². The van der Waals surface area contributed by atoms with E-state index in [0.29, 0.717) is 0 Å². The number of para-hydroxylation sites is 1. The molecule has 0 amide bonds. The molecule has 1 atom stereocenters. The summed E-state index contributed by atoms with van der Waals surface area (Å²) in [4.78, 5) is 0. The van der Waals surface area contributed by atoms with E-state index in [1.807, 2.05) is 30.3 Å². The number of hydrogen-bond donors (Lipinski definition) is 1. The topological polar surface area (TPSA) is 35.2 Å². The average Bonchev–Trinajstić information content (AvgIpc) is 2.18. The van der Waals surface area contributed by atoms with Gasteiger partial charge < -0.3 is 10.5 Å². The first-order valence-electron chi connectivity index (χ1n) is 4.29. The lowest BCUT2D eigenvalue weighted by molar-refractivity contribution is 0.406. The van der Waals surface area contributed by atoms with E-state index in [4.69, 9.17) is 10.5 Å². The SMILES string of the molecule is C=CC[C@@H](N)c1ccccc1OC. The highest BCUT2D eigenvalue weighted by atomic mass is 16.5. The van der Waals surface area contributed by atoms with Crippen molar-refractivity contribution in [1.82, 2.24) is 0 Å². The first kappa shape index (κ1) is 9.81. The maximum absolute atomic E-state index is 5.93. The van der Waals surface area contributed by atoms with Gasteiger partial charge in [-0.05, 0) is 12.5 Å². The standard InChI is InChI=1S/C11H15NO/c1-3-6-10(12)9-7-4-5-8-11(9)13-2/h3-5,7-8,10H,1,6,12H2,2H3/t10-/m1/s1. The van der Waals surface area contributed by atoms with Crippen molar-refractivity contribution in [3.05, 3.63) is 42.5 Å². The molecule has 1 aromatic carbocycles. The predicted octanol–water partition coefficient (Wildman–Crippen LogP) is 2.27. The molecule has 2 N–H and O–H groups in total. The summed E-state index contributed by atoms with van der Waals surface area (Å²) in [6, 6.07) is 7.77. The molecule has 13 heavy (non-hydrogen) atoms. The molecular weight excluding hydrogens is 162 g/mol. The summed E-state index contributed by atoms with van der Waals surface area (Å²) in [6.07, 6.45) is 2.58. The van der Waals surface area contributed by atoms with Crippen molar-refractivity contribution in [3.63, 3.8) is 0 Å². The molecular formula is C11H15NO. The summed E-state index contributed by atoms with van der Waals surface area (Å²) < 4.78 is 5.20. The van der Waals surface area contributed by atoms with E-state index in [2.05, 4.69) is 6.58 Å². The molecule has 1 rings (SSSR count). The van der Waals surface area contributed by atoms with E-state index >= 15 is 0 Å². The Morgan fingerprint density at radius 2 is 2.23 bits per heavy atom. The number of ether oxygens (including phenoxy) is 1. The van der Waals surface area contributed by atoms with Crippen LogP contribution in [-0.2, 0) is 0 Å². The molecule has 2 heteroatoms. The normalized spacial score (nSPS) is 12.2. The van der Waals surface area contributed by atoms with Crippen LogP contribution in [0, 0.1) is 0 Å². The van der Waals surface area contributed by atoms with E-state index in [1.165, 1.54) is 0 Å². The summed E-state index contributed by atoms with van der Waals surface area (Å²) in [7, 11) is 1.65. The predicted molar refractivity (Wildman–Crippen MR) is 54.7 cm³/mol. The maximum Gasteiger partial charge on any atom is 0.123 e. The maximum atomic E-state index is 5.93. The molecule has 0 heterocycles. The quantitative estimate of drug-likeness (QED) is 0.716. The largest absolute Gasteiger partial charge is 0.496 e. The van der Waals surface area contributed by atoms with E-state index in [0.717, 1.165) is 17.7 Å². The molecule has 2 nitrogen and oxygen atoms in total. The van der Waals surface area contributed by atoms with Gasteiger partial charge in [0.05, 0.1) is 7.11 Å². The molecule has 0 radical (unpaired) electrons. The van der Waals surface area contributed by atoms with Crippen molar-refractivity contribution in [2.24, 2.45) is 5.73 Å². The Labute approximate surface area is 79.0 Å². The second-order valence-electron chi connectivity index (χ2n) is 2.87. The molecule has 70 valence electrons. The molecule has 0 aliphatic rings. The Balaban J connectivity index is 2.91. The van der Waals surface area contributed by atoms with Crippen molar-refractivity contribution in [3.8, 4) is 5.75 Å². The van der Waals surface area contributed by atoms with Crippen LogP contribution in [0.3, 0.4) is 0 Å². The first-order valence-corrected chi connectivity index (χ1v) is 4.29. The minimum absolute atomic E-state index is 0.0198. The molecule has 0 spiro atoms. The zero-order valence-corrected chi connectivity index (χ0v) is 7.86. The number of hydrogen-bond acceptors (Lipinski definition) is 2. The van der Waals surface area contributed by atoms with Crippen molar-refractivity contribution in [1.29, 1.82) is 0 Å². The summed E-state index contributed by atoms with van der Waals surface area (Å²) in [6.45, 7) is 3.66. The molecule has 0 saturated heterocycles. The second-order valence-corrected chi connectivity index (χ2v) is 2.87. The Morgan fingerprint density at radius 1 is 1.54 bits per heavy atom. The van der Waals surface area contributed by atoms with Gasteiger partial charge in [0, 0.05) is 11.6 Å². The Bertz CT molecular complexity index is 283. The molecule has 0 bridgehead atoms. The van der Waals surface area contributed by atoms with Crippen LogP contribution in [-0.4, -0.2) is 7.11 Å². The minimum atomic E-state index is -0.0198. The number of methoxy groups -OCH3 is 1. The van der Waals surface area contributed by atoms with Crippen LogP contribution in [0.5, 0.6) is 5.75 Å². The van der Waals surface area contributed by atoms with Gasteiger partial charge in [-0.2, -0.15) is 0 Å². The number of nitrogens with two attached hydrogens (primary N) is 1. The molecule has 0 unspecified atom stereocenters. The molecule has 0 aliphatic carbocycles. The summed E-state index contributed by atoms with van der Waals surface area (Å²) in [5.41, 5.74) is 6.96. The molecule has 0 aliphatic heterocycles. The van der Waals surface area contributed by atoms with Gasteiger partial charge in [-0.3, -0.25) is 0 Å². The molecule has 0 saturated carbocycles. The monoisotopic (exact) mass is 177 g/mol. The Kier molecular flexibility index (Phi) is 3.53. The second kappa shape index (κ2) is 4.67. The highest BCUT2D eigenvalue weighted by molar-refractivity contribution is 5.35. The number of rotatable bonds is 4. The van der Waals surface area contributed by atoms with Crippen molar-refractivity contribution in [2.75, 3.05) is 7.11 Å². The zero-order chi connectivity index (χ0) is 9.68. The first-order chi connectivity index (χ1) is 6.29. The lowest BCUT2D eigenvalue weighted by Crippen LogP contribution is -2.10. The third-order valence-electron chi connectivity index (χ3n) is 1.96. The highest BCUT2D eigenvalue weighted by Crippen LogP contribution is 2.24. The van der Waals surface area contributed by atoms with Gasteiger partial charge in [0.25, 0.3) is 0 Å². The molecule has 0 fully saturated rings. The lowest BCUT2D eigenvalue weighted by atomic mass is 10.0. The van der Waals surface area contributed by atoms with Gasteiger partial charge in [-0.15, -0.1) is 6.58 Å². The highest BCUT2D eigenvalue weighted by Gasteiger charge is 2.08. The van der Waals surface area contributed by atoms with Crippen molar-refractivity contribution >= 4 is 0 Å². The van der Waals surface area contributed by atoms with Gasteiger partial charge in [-0.1, -0.05) is 24.3 Å². The molecule has 0 aromatic heterocycles. The zero-order valence-electron chi connectivity index (χ0n) is 7.86. The van der Waals surface area contributed by atoms with Gasteiger partial charge in [0.2, 0.25) is 0 Å². The van der Waals surface area contributed by atoms with E-state index in [-0.39, 0.29) is 6.04 Å². The van der Waals surface area contributed by atoms with Crippen LogP contribution in [0.15, 0.2) is 36.9 Å². The van der Waals surface area contributed by atoms with E-state index in [1.54, 1.807) is 7.11 Å². The van der Waals surface area contributed by atoms with Gasteiger partial charge in [-0.25, -0.2) is 0 Å². The Morgan fingerprint density at radius 3 is 2.85 bits per heavy atom. The third-order valence-corrected chi connectivity index (χ3v) is 1.96. The minimum Gasteiger partial charge on any atom is -0.496 e. The van der Waals surface area contributed by atoms with Crippen LogP contribution in [0.4, 0.5) is 0 Å². The van der Waals surface area contributed by atoms with Crippen LogP contribution >= 0.6 is 0 Å². The van der Waals surface area contributed by atoms with Crippen molar-refractivity contribution in [2.45, 2.75) is 12.5 Å². The van der Waals surface area contributed by atoms with Crippen molar-refractivity contribution < 1.29 is 4.74 Å². The van der Waals surface area contributed by atoms with Gasteiger partial charge in [0.1, 0.15) is 5.75 Å². The number of benzene rings is 1. The van der Waals surface area contributed by atoms with Gasteiger partial charge in [0.15, 0.2) is 0 Å². The summed E-state index contributed by atoms with van der Waals surface area (Å²) >= 11 is 0.